The standard InChI is InChI=1S/C15H8ClN3O/c16-14-7-13(6-5-12(14)9-18)19-15(20)11-3-1-10(8-17)2-4-11/h1-7H,(H,19,20). The molecule has 0 aliphatic carbocycles. The Balaban J connectivity index is 2.17. The number of anilines is 1. The Morgan fingerprint density at radius 1 is 1.05 bits per heavy atom. The minimum Gasteiger partial charge on any atom is -0.322 e. The largest absolute Gasteiger partial charge is 0.322 e. The molecule has 2 rings (SSSR count). The summed E-state index contributed by atoms with van der Waals surface area (Å²) >= 11 is 5.89. The first-order valence-electron chi connectivity index (χ1n) is 5.65. The van der Waals surface area contributed by atoms with Crippen molar-refractivity contribution in [1.82, 2.24) is 0 Å². The third kappa shape index (κ3) is 2.95. The first-order valence-corrected chi connectivity index (χ1v) is 6.03. The second kappa shape index (κ2) is 5.88. The van der Waals surface area contributed by atoms with Gasteiger partial charge in [0.2, 0.25) is 0 Å². The summed E-state index contributed by atoms with van der Waals surface area (Å²) in [5.74, 6) is -0.310. The number of halogens is 1. The molecule has 0 fully saturated rings. The molecule has 0 aliphatic rings. The smallest absolute Gasteiger partial charge is 0.255 e. The summed E-state index contributed by atoms with van der Waals surface area (Å²) in [7, 11) is 0. The number of carbonyl (C=O) groups is 1. The van der Waals surface area contributed by atoms with Crippen LogP contribution in [0.3, 0.4) is 0 Å². The van der Waals surface area contributed by atoms with Crippen molar-refractivity contribution in [3.05, 3.63) is 64.2 Å². The fraction of sp³-hybridized carbons (Fsp3) is 0. The van der Waals surface area contributed by atoms with Crippen molar-refractivity contribution >= 4 is 23.2 Å². The molecule has 1 amide bonds. The highest BCUT2D eigenvalue weighted by Crippen LogP contribution is 2.20. The van der Waals surface area contributed by atoms with E-state index in [2.05, 4.69) is 5.32 Å². The van der Waals surface area contributed by atoms with Crippen LogP contribution in [0.25, 0.3) is 0 Å². The maximum absolute atomic E-state index is 12.0. The molecule has 5 heteroatoms. The van der Waals surface area contributed by atoms with Crippen LogP contribution in [0, 0.1) is 22.7 Å². The van der Waals surface area contributed by atoms with Gasteiger partial charge in [-0.15, -0.1) is 0 Å². The minimum atomic E-state index is -0.310. The van der Waals surface area contributed by atoms with Gasteiger partial charge in [-0.05, 0) is 42.5 Å². The van der Waals surface area contributed by atoms with Gasteiger partial charge in [0.25, 0.3) is 5.91 Å². The van der Waals surface area contributed by atoms with E-state index in [1.165, 1.54) is 12.1 Å². The second-order valence-electron chi connectivity index (χ2n) is 3.95. The molecule has 2 aromatic rings. The van der Waals surface area contributed by atoms with Gasteiger partial charge >= 0.3 is 0 Å². The van der Waals surface area contributed by atoms with Crippen molar-refractivity contribution in [3.63, 3.8) is 0 Å². The van der Waals surface area contributed by atoms with Crippen LogP contribution in [0.1, 0.15) is 21.5 Å². The van der Waals surface area contributed by atoms with Crippen molar-refractivity contribution < 1.29 is 4.79 Å². The van der Waals surface area contributed by atoms with Crippen molar-refractivity contribution in [2.24, 2.45) is 0 Å². The molecule has 0 unspecified atom stereocenters. The predicted molar refractivity (Wildman–Crippen MR) is 75.3 cm³/mol. The van der Waals surface area contributed by atoms with E-state index in [-0.39, 0.29) is 10.9 Å². The highest BCUT2D eigenvalue weighted by atomic mass is 35.5. The summed E-state index contributed by atoms with van der Waals surface area (Å²) in [6.45, 7) is 0. The summed E-state index contributed by atoms with van der Waals surface area (Å²) < 4.78 is 0. The second-order valence-corrected chi connectivity index (χ2v) is 4.36. The highest BCUT2D eigenvalue weighted by molar-refractivity contribution is 6.32. The molecule has 0 radical (unpaired) electrons. The maximum atomic E-state index is 12.0. The molecular weight excluding hydrogens is 274 g/mol. The first-order chi connectivity index (χ1) is 9.63. The van der Waals surface area contributed by atoms with Crippen molar-refractivity contribution in [1.29, 1.82) is 10.5 Å². The van der Waals surface area contributed by atoms with Gasteiger partial charge in [-0.25, -0.2) is 0 Å². The molecule has 0 atom stereocenters. The molecule has 0 bridgehead atoms. The number of amides is 1. The van der Waals surface area contributed by atoms with Crippen LogP contribution in [0.15, 0.2) is 42.5 Å². The Labute approximate surface area is 120 Å². The average molecular weight is 282 g/mol. The lowest BCUT2D eigenvalue weighted by Gasteiger charge is -2.06. The van der Waals surface area contributed by atoms with E-state index in [1.54, 1.807) is 30.3 Å². The Morgan fingerprint density at radius 3 is 2.30 bits per heavy atom. The van der Waals surface area contributed by atoms with Crippen molar-refractivity contribution in [2.75, 3.05) is 5.32 Å². The van der Waals surface area contributed by atoms with Crippen LogP contribution in [0.2, 0.25) is 5.02 Å². The number of rotatable bonds is 2. The number of nitrogens with zero attached hydrogens (tertiary/aromatic N) is 2. The third-order valence-electron chi connectivity index (χ3n) is 2.62. The van der Waals surface area contributed by atoms with E-state index >= 15 is 0 Å². The molecule has 0 aliphatic heterocycles. The molecule has 20 heavy (non-hydrogen) atoms. The van der Waals surface area contributed by atoms with Crippen LogP contribution in [0.5, 0.6) is 0 Å². The minimum absolute atomic E-state index is 0.283. The van der Waals surface area contributed by atoms with Gasteiger partial charge in [-0.1, -0.05) is 11.6 Å². The third-order valence-corrected chi connectivity index (χ3v) is 2.94. The van der Waals surface area contributed by atoms with Gasteiger partial charge in [-0.3, -0.25) is 4.79 Å². The van der Waals surface area contributed by atoms with Gasteiger partial charge in [0.05, 0.1) is 22.2 Å². The van der Waals surface area contributed by atoms with Crippen LogP contribution >= 0.6 is 11.6 Å². The molecule has 0 heterocycles. The Kier molecular flexibility index (Phi) is 4.00. The number of carbonyl (C=O) groups excluding carboxylic acids is 1. The zero-order valence-corrected chi connectivity index (χ0v) is 11.0. The average Bonchev–Trinajstić information content (AvgIpc) is 2.47. The van der Waals surface area contributed by atoms with Crippen molar-refractivity contribution in [2.45, 2.75) is 0 Å². The van der Waals surface area contributed by atoms with Crippen LogP contribution in [-0.4, -0.2) is 5.91 Å². The first kappa shape index (κ1) is 13.6. The van der Waals surface area contributed by atoms with E-state index in [4.69, 9.17) is 22.1 Å². The topological polar surface area (TPSA) is 76.7 Å². The molecular formula is C15H8ClN3O. The normalized spacial score (nSPS) is 9.35. The molecule has 0 saturated heterocycles. The molecule has 0 spiro atoms. The van der Waals surface area contributed by atoms with E-state index in [0.29, 0.717) is 22.4 Å². The highest BCUT2D eigenvalue weighted by Gasteiger charge is 2.07. The Morgan fingerprint density at radius 2 is 1.75 bits per heavy atom. The zero-order chi connectivity index (χ0) is 14.5. The van der Waals surface area contributed by atoms with E-state index in [1.807, 2.05) is 12.1 Å². The quantitative estimate of drug-likeness (QED) is 0.917. The van der Waals surface area contributed by atoms with E-state index < -0.39 is 0 Å². The number of benzene rings is 2. The van der Waals surface area contributed by atoms with Crippen LogP contribution < -0.4 is 5.32 Å². The molecule has 2 aromatic carbocycles. The Bertz CT molecular complexity index is 739. The lowest BCUT2D eigenvalue weighted by Crippen LogP contribution is -2.11. The predicted octanol–water partition coefficient (Wildman–Crippen LogP) is 3.34. The van der Waals surface area contributed by atoms with Gasteiger partial charge in [-0.2, -0.15) is 10.5 Å². The summed E-state index contributed by atoms with van der Waals surface area (Å²) in [6.07, 6.45) is 0. The molecule has 96 valence electrons. The molecule has 0 aromatic heterocycles. The summed E-state index contributed by atoms with van der Waals surface area (Å²) in [5, 5.41) is 20.4. The number of hydrogen-bond donors (Lipinski definition) is 1. The number of nitrogens with one attached hydrogen (secondary N) is 1. The lowest BCUT2D eigenvalue weighted by molar-refractivity contribution is 0.102. The van der Waals surface area contributed by atoms with Gasteiger partial charge in [0.15, 0.2) is 0 Å². The van der Waals surface area contributed by atoms with Crippen LogP contribution in [0.4, 0.5) is 5.69 Å². The molecule has 4 nitrogen and oxygen atoms in total. The molecule has 1 N–H and O–H groups in total. The number of hydrogen-bond acceptors (Lipinski definition) is 3. The lowest BCUT2D eigenvalue weighted by atomic mass is 10.1. The maximum Gasteiger partial charge on any atom is 0.255 e. The van der Waals surface area contributed by atoms with E-state index in [0.717, 1.165) is 0 Å². The van der Waals surface area contributed by atoms with E-state index in [9.17, 15) is 4.79 Å². The SMILES string of the molecule is N#Cc1ccc(C(=O)Nc2ccc(C#N)c(Cl)c2)cc1. The number of nitriles is 2. The Hall–Kier alpha value is -2.82. The summed E-state index contributed by atoms with van der Waals surface area (Å²) in [4.78, 5) is 12.0. The monoisotopic (exact) mass is 281 g/mol. The van der Waals surface area contributed by atoms with Crippen LogP contribution in [-0.2, 0) is 0 Å². The summed E-state index contributed by atoms with van der Waals surface area (Å²) in [5.41, 5.74) is 1.78. The molecule has 0 saturated carbocycles. The fourth-order valence-corrected chi connectivity index (χ4v) is 1.81. The zero-order valence-electron chi connectivity index (χ0n) is 10.2. The summed E-state index contributed by atoms with van der Waals surface area (Å²) in [6, 6.07) is 14.9. The van der Waals surface area contributed by atoms with Gasteiger partial charge in [0, 0.05) is 11.3 Å². The van der Waals surface area contributed by atoms with Gasteiger partial charge in [0.1, 0.15) is 6.07 Å². The van der Waals surface area contributed by atoms with Gasteiger partial charge < -0.3 is 5.32 Å². The van der Waals surface area contributed by atoms with Crippen molar-refractivity contribution in [3.8, 4) is 12.1 Å². The fourth-order valence-electron chi connectivity index (χ4n) is 1.58.